The molecule has 8 nitrogen and oxygen atoms in total. The molecule has 3 rings (SSSR count). The first-order valence-corrected chi connectivity index (χ1v) is 11.4. The van der Waals surface area contributed by atoms with E-state index in [1.165, 1.54) is 36.6 Å². The molecule has 0 saturated heterocycles. The maximum atomic E-state index is 12.8. The van der Waals surface area contributed by atoms with Gasteiger partial charge in [-0.1, -0.05) is 0 Å². The fourth-order valence-corrected chi connectivity index (χ4v) is 5.68. The number of nitrogens with one attached hydrogen (secondary N) is 2. The molecule has 2 aromatic rings. The van der Waals surface area contributed by atoms with E-state index in [1.807, 2.05) is 0 Å². The minimum Gasteiger partial charge on any atom is -0.495 e. The Morgan fingerprint density at radius 1 is 1.34 bits per heavy atom. The minimum atomic E-state index is -3.97. The number of fused-ring (bicyclic) bond motifs is 1. The van der Waals surface area contributed by atoms with Crippen LogP contribution in [0.3, 0.4) is 0 Å². The lowest BCUT2D eigenvalue weighted by atomic mass is 9.96. The summed E-state index contributed by atoms with van der Waals surface area (Å²) in [5.41, 5.74) is 1.61. The largest absolute Gasteiger partial charge is 0.495 e. The van der Waals surface area contributed by atoms with Crippen LogP contribution in [0.1, 0.15) is 39.2 Å². The van der Waals surface area contributed by atoms with Crippen LogP contribution in [0.5, 0.6) is 5.75 Å². The summed E-state index contributed by atoms with van der Waals surface area (Å²) in [6.45, 7) is -0.518. The molecule has 1 heterocycles. The smallest absolute Gasteiger partial charge is 0.256 e. The second-order valence-electron chi connectivity index (χ2n) is 6.47. The van der Waals surface area contributed by atoms with Crippen molar-refractivity contribution in [3.05, 3.63) is 39.8 Å². The molecule has 29 heavy (non-hydrogen) atoms. The zero-order valence-corrected chi connectivity index (χ0v) is 17.5. The fraction of sp³-hybridized carbons (Fsp3) is 0.368. The Morgan fingerprint density at radius 2 is 2.10 bits per heavy atom. The van der Waals surface area contributed by atoms with Crippen molar-refractivity contribution in [2.45, 2.75) is 30.6 Å². The van der Waals surface area contributed by atoms with Gasteiger partial charge in [-0.25, -0.2) is 13.1 Å². The normalized spacial score (nSPS) is 13.4. The number of nitriles is 1. The van der Waals surface area contributed by atoms with Gasteiger partial charge in [0.05, 0.1) is 19.3 Å². The van der Waals surface area contributed by atoms with E-state index in [9.17, 15) is 18.5 Å². The van der Waals surface area contributed by atoms with Crippen LogP contribution in [-0.2, 0) is 22.9 Å². The van der Waals surface area contributed by atoms with E-state index in [0.717, 1.165) is 36.1 Å². The van der Waals surface area contributed by atoms with Gasteiger partial charge in [-0.3, -0.25) is 4.79 Å². The van der Waals surface area contributed by atoms with Crippen molar-refractivity contribution in [3.63, 3.8) is 0 Å². The lowest BCUT2D eigenvalue weighted by molar-refractivity contribution is 0.102. The third-order valence-electron chi connectivity index (χ3n) is 4.63. The summed E-state index contributed by atoms with van der Waals surface area (Å²) < 4.78 is 32.3. The molecule has 0 radical (unpaired) electrons. The second kappa shape index (κ2) is 8.92. The van der Waals surface area contributed by atoms with Gasteiger partial charge in [0.15, 0.2) is 0 Å². The highest BCUT2D eigenvalue weighted by Gasteiger charge is 2.24. The minimum absolute atomic E-state index is 0.0799. The predicted octanol–water partition coefficient (Wildman–Crippen LogP) is 2.03. The predicted molar refractivity (Wildman–Crippen MR) is 109 cm³/mol. The van der Waals surface area contributed by atoms with Gasteiger partial charge in [0.1, 0.15) is 21.7 Å². The fourth-order valence-electron chi connectivity index (χ4n) is 3.23. The number of thiophene rings is 1. The lowest BCUT2D eigenvalue weighted by Crippen LogP contribution is -2.27. The topological polar surface area (TPSA) is 129 Å². The van der Waals surface area contributed by atoms with Gasteiger partial charge < -0.3 is 15.2 Å². The van der Waals surface area contributed by atoms with Crippen LogP contribution in [0.25, 0.3) is 0 Å². The van der Waals surface area contributed by atoms with Gasteiger partial charge in [-0.2, -0.15) is 5.26 Å². The number of nitrogens with zero attached hydrogens (tertiary/aromatic N) is 1. The van der Waals surface area contributed by atoms with Gasteiger partial charge in [0.25, 0.3) is 5.91 Å². The van der Waals surface area contributed by atoms with Crippen molar-refractivity contribution in [2.75, 3.05) is 25.6 Å². The summed E-state index contributed by atoms with van der Waals surface area (Å²) in [5.74, 6) is -0.433. The number of sulfonamides is 1. The Balaban J connectivity index is 1.92. The lowest BCUT2D eigenvalue weighted by Gasteiger charge is -2.12. The number of methoxy groups -OCH3 is 1. The van der Waals surface area contributed by atoms with Crippen LogP contribution in [0.4, 0.5) is 5.00 Å². The molecule has 0 spiro atoms. The zero-order chi connectivity index (χ0) is 21.0. The zero-order valence-electron chi connectivity index (χ0n) is 15.8. The first kappa shape index (κ1) is 21.3. The quantitative estimate of drug-likeness (QED) is 0.610. The first-order chi connectivity index (χ1) is 13.9. The average molecular weight is 436 g/mol. The number of hydrogen-bond donors (Lipinski definition) is 3. The van der Waals surface area contributed by atoms with E-state index in [0.29, 0.717) is 10.6 Å². The molecular weight excluding hydrogens is 414 g/mol. The van der Waals surface area contributed by atoms with Crippen LogP contribution >= 0.6 is 11.3 Å². The van der Waals surface area contributed by atoms with E-state index in [1.54, 1.807) is 0 Å². The monoisotopic (exact) mass is 435 g/mol. The van der Waals surface area contributed by atoms with Crippen LogP contribution in [0.15, 0.2) is 23.1 Å². The highest BCUT2D eigenvalue weighted by Crippen LogP contribution is 2.38. The molecule has 0 atom stereocenters. The molecule has 154 valence electrons. The summed E-state index contributed by atoms with van der Waals surface area (Å²) in [5, 5.41) is 21.7. The van der Waals surface area contributed by atoms with Crippen molar-refractivity contribution < 1.29 is 23.1 Å². The molecule has 0 unspecified atom stereocenters. The van der Waals surface area contributed by atoms with Crippen molar-refractivity contribution in [1.82, 2.24) is 4.72 Å². The van der Waals surface area contributed by atoms with E-state index in [-0.39, 0.29) is 29.4 Å². The Hall–Kier alpha value is -2.45. The van der Waals surface area contributed by atoms with Crippen molar-refractivity contribution in [1.29, 1.82) is 5.26 Å². The number of carbonyl (C=O) groups excluding carboxylic acids is 1. The van der Waals surface area contributed by atoms with Gasteiger partial charge in [-0.15, -0.1) is 11.3 Å². The van der Waals surface area contributed by atoms with E-state index >= 15 is 0 Å². The molecule has 0 fully saturated rings. The van der Waals surface area contributed by atoms with Gasteiger partial charge in [-0.05, 0) is 49.4 Å². The third-order valence-corrected chi connectivity index (χ3v) is 7.32. The number of benzene rings is 1. The van der Waals surface area contributed by atoms with Crippen LogP contribution in [-0.4, -0.2) is 39.7 Å². The number of carbonyl (C=O) groups is 1. The van der Waals surface area contributed by atoms with Crippen LogP contribution in [0, 0.1) is 11.3 Å². The molecule has 1 aromatic heterocycles. The molecule has 1 aromatic carbocycles. The van der Waals surface area contributed by atoms with E-state index in [4.69, 9.17) is 9.84 Å². The summed E-state index contributed by atoms with van der Waals surface area (Å²) in [4.78, 5) is 13.7. The second-order valence-corrected chi connectivity index (χ2v) is 9.31. The molecule has 1 aliphatic rings. The number of ether oxygens (including phenoxy) is 1. The number of hydrogen-bond acceptors (Lipinski definition) is 7. The van der Waals surface area contributed by atoms with Crippen molar-refractivity contribution >= 4 is 32.3 Å². The standard InChI is InChI=1S/C19H21N3O5S2/c1-27-15-7-6-12(10-17(15)29(25,26)21-8-9-23)18(24)22-19-14(11-20)13-4-2-3-5-16(13)28-19/h6-7,10,21,23H,2-5,8-9H2,1H3,(H,22,24). The highest BCUT2D eigenvalue weighted by molar-refractivity contribution is 7.89. The maximum Gasteiger partial charge on any atom is 0.256 e. The van der Waals surface area contributed by atoms with Crippen molar-refractivity contribution in [2.24, 2.45) is 0 Å². The first-order valence-electron chi connectivity index (χ1n) is 9.05. The van der Waals surface area contributed by atoms with E-state index in [2.05, 4.69) is 16.1 Å². The van der Waals surface area contributed by atoms with Gasteiger partial charge >= 0.3 is 0 Å². The number of aliphatic hydroxyl groups is 1. The summed E-state index contributed by atoms with van der Waals surface area (Å²) >= 11 is 1.40. The number of anilines is 1. The van der Waals surface area contributed by atoms with E-state index < -0.39 is 15.9 Å². The SMILES string of the molecule is COc1ccc(C(=O)Nc2sc3c(c2C#N)CCCC3)cc1S(=O)(=O)NCCO. The molecule has 0 saturated carbocycles. The molecule has 10 heteroatoms. The number of rotatable bonds is 7. The third kappa shape index (κ3) is 4.43. The Kier molecular flexibility index (Phi) is 6.54. The van der Waals surface area contributed by atoms with Gasteiger partial charge in [0.2, 0.25) is 10.0 Å². The Bertz CT molecular complexity index is 1070. The molecule has 0 bridgehead atoms. The van der Waals surface area contributed by atoms with Crippen LogP contribution < -0.4 is 14.8 Å². The molecule has 0 aliphatic heterocycles. The molecular formula is C19H21N3O5S2. The maximum absolute atomic E-state index is 12.8. The van der Waals surface area contributed by atoms with Crippen molar-refractivity contribution in [3.8, 4) is 11.8 Å². The summed E-state index contributed by atoms with van der Waals surface area (Å²) in [6, 6.07) is 6.25. The molecule has 1 amide bonds. The van der Waals surface area contributed by atoms with Gasteiger partial charge in [0, 0.05) is 17.0 Å². The van der Waals surface area contributed by atoms with Crippen LogP contribution in [0.2, 0.25) is 0 Å². The average Bonchev–Trinajstić information content (AvgIpc) is 3.08. The molecule has 3 N–H and O–H groups in total. The number of aryl methyl sites for hydroxylation is 1. The molecule has 1 aliphatic carbocycles. The summed E-state index contributed by atoms with van der Waals surface area (Å²) in [7, 11) is -2.64. The Morgan fingerprint density at radius 3 is 2.79 bits per heavy atom. The number of amides is 1. The summed E-state index contributed by atoms with van der Waals surface area (Å²) in [6.07, 6.45) is 3.80. The highest BCUT2D eigenvalue weighted by atomic mass is 32.2. The number of aliphatic hydroxyl groups excluding tert-OH is 1. The Labute approximate surface area is 173 Å².